The normalized spacial score (nSPS) is 22.8. The molecule has 1 aromatic rings. The average Bonchev–Trinajstić information content (AvgIpc) is 2.50. The molecule has 0 aliphatic heterocycles. The van der Waals surface area contributed by atoms with E-state index in [-0.39, 0.29) is 6.10 Å². The van der Waals surface area contributed by atoms with Crippen LogP contribution in [0.4, 0.5) is 0 Å². The Morgan fingerprint density at radius 1 is 1.20 bits per heavy atom. The molecule has 2 unspecified atom stereocenters. The van der Waals surface area contributed by atoms with Crippen LogP contribution in [0.2, 0.25) is 0 Å². The van der Waals surface area contributed by atoms with Crippen LogP contribution < -0.4 is 4.74 Å². The first kappa shape index (κ1) is 15.0. The van der Waals surface area contributed by atoms with Gasteiger partial charge in [-0.3, -0.25) is 9.69 Å². The Kier molecular flexibility index (Phi) is 5.60. The van der Waals surface area contributed by atoms with Crippen molar-refractivity contribution < 1.29 is 9.53 Å². The van der Waals surface area contributed by atoms with Crippen LogP contribution >= 0.6 is 0 Å². The van der Waals surface area contributed by atoms with Gasteiger partial charge in [0, 0.05) is 6.04 Å². The maximum absolute atomic E-state index is 11.1. The molecule has 2 atom stereocenters. The summed E-state index contributed by atoms with van der Waals surface area (Å²) in [5.74, 6) is 0.728. The smallest absolute Gasteiger partial charge is 0.153 e. The molecule has 3 nitrogen and oxygen atoms in total. The maximum Gasteiger partial charge on any atom is 0.153 e. The van der Waals surface area contributed by atoms with Gasteiger partial charge in [0.05, 0.1) is 5.56 Å². The van der Waals surface area contributed by atoms with Gasteiger partial charge in [-0.25, -0.2) is 0 Å². The minimum Gasteiger partial charge on any atom is -0.488 e. The lowest BCUT2D eigenvalue weighted by Crippen LogP contribution is -2.47. The molecule has 1 fully saturated rings. The molecule has 0 N–H and O–H groups in total. The summed E-state index contributed by atoms with van der Waals surface area (Å²) in [6.45, 7) is 6.51. The number of likely N-dealkylation sites (N-methyl/N-ethyl adjacent to an activating group) is 1. The monoisotopic (exact) mass is 275 g/mol. The highest BCUT2D eigenvalue weighted by atomic mass is 16.5. The van der Waals surface area contributed by atoms with Crippen LogP contribution in [-0.2, 0) is 0 Å². The fourth-order valence-electron chi connectivity index (χ4n) is 3.17. The second-order valence-electron chi connectivity index (χ2n) is 5.38. The summed E-state index contributed by atoms with van der Waals surface area (Å²) < 4.78 is 6.20. The predicted molar refractivity (Wildman–Crippen MR) is 81.4 cm³/mol. The number of benzene rings is 1. The molecule has 0 radical (unpaired) electrons. The lowest BCUT2D eigenvalue weighted by molar-refractivity contribution is 0.0408. The highest BCUT2D eigenvalue weighted by Crippen LogP contribution is 2.28. The number of carbonyl (C=O) groups is 1. The van der Waals surface area contributed by atoms with E-state index in [1.165, 1.54) is 19.3 Å². The van der Waals surface area contributed by atoms with Gasteiger partial charge in [-0.1, -0.05) is 32.4 Å². The summed E-state index contributed by atoms with van der Waals surface area (Å²) in [6.07, 6.45) is 5.83. The average molecular weight is 275 g/mol. The van der Waals surface area contributed by atoms with Crippen molar-refractivity contribution >= 4 is 6.29 Å². The predicted octanol–water partition coefficient (Wildman–Crippen LogP) is 3.53. The molecular weight excluding hydrogens is 250 g/mol. The number of hydrogen-bond donors (Lipinski definition) is 0. The first-order chi connectivity index (χ1) is 9.80. The second-order valence-corrected chi connectivity index (χ2v) is 5.38. The van der Waals surface area contributed by atoms with Crippen molar-refractivity contribution in [3.8, 4) is 5.75 Å². The molecule has 0 spiro atoms. The minimum atomic E-state index is 0.199. The summed E-state index contributed by atoms with van der Waals surface area (Å²) in [6, 6.07) is 7.99. The van der Waals surface area contributed by atoms with Gasteiger partial charge in [0.1, 0.15) is 11.9 Å². The van der Waals surface area contributed by atoms with E-state index in [1.54, 1.807) is 0 Å². The topological polar surface area (TPSA) is 29.5 Å². The summed E-state index contributed by atoms with van der Waals surface area (Å²) in [4.78, 5) is 13.6. The van der Waals surface area contributed by atoms with E-state index in [0.717, 1.165) is 31.5 Å². The molecule has 1 aliphatic carbocycles. The van der Waals surface area contributed by atoms with E-state index >= 15 is 0 Å². The zero-order valence-corrected chi connectivity index (χ0v) is 12.5. The van der Waals surface area contributed by atoms with Gasteiger partial charge < -0.3 is 4.74 Å². The SMILES string of the molecule is CCN(CC)C1CCCCC1Oc1ccccc1C=O. The van der Waals surface area contributed by atoms with Gasteiger partial charge in [-0.15, -0.1) is 0 Å². The van der Waals surface area contributed by atoms with Crippen molar-refractivity contribution in [1.82, 2.24) is 4.90 Å². The second kappa shape index (κ2) is 7.44. The Hall–Kier alpha value is -1.35. The van der Waals surface area contributed by atoms with E-state index in [4.69, 9.17) is 4.74 Å². The number of hydrogen-bond acceptors (Lipinski definition) is 3. The van der Waals surface area contributed by atoms with Gasteiger partial charge in [-0.2, -0.15) is 0 Å². The highest BCUT2D eigenvalue weighted by Gasteiger charge is 2.30. The number of nitrogens with zero attached hydrogens (tertiary/aromatic N) is 1. The van der Waals surface area contributed by atoms with E-state index in [9.17, 15) is 4.79 Å². The summed E-state index contributed by atoms with van der Waals surface area (Å²) in [5, 5.41) is 0. The Labute approximate surface area is 121 Å². The molecule has 0 bridgehead atoms. The molecule has 1 aliphatic rings. The number of ether oxygens (including phenoxy) is 1. The Bertz CT molecular complexity index is 429. The zero-order valence-electron chi connectivity index (χ0n) is 12.5. The van der Waals surface area contributed by atoms with Crippen molar-refractivity contribution in [3.63, 3.8) is 0 Å². The Balaban J connectivity index is 2.14. The lowest BCUT2D eigenvalue weighted by Gasteiger charge is -2.39. The molecule has 20 heavy (non-hydrogen) atoms. The van der Waals surface area contributed by atoms with Gasteiger partial charge >= 0.3 is 0 Å². The third-order valence-corrected chi connectivity index (χ3v) is 4.27. The summed E-state index contributed by atoms with van der Waals surface area (Å²) in [7, 11) is 0. The molecular formula is C17H25NO2. The van der Waals surface area contributed by atoms with Crippen molar-refractivity contribution in [3.05, 3.63) is 29.8 Å². The molecule has 0 saturated heterocycles. The standard InChI is InChI=1S/C17H25NO2/c1-3-18(4-2)15-10-6-8-12-17(15)20-16-11-7-5-9-14(16)13-19/h5,7,9,11,13,15,17H,3-4,6,8,10,12H2,1-2H3. The third kappa shape index (κ3) is 3.40. The van der Waals surface area contributed by atoms with Crippen LogP contribution in [0.1, 0.15) is 49.9 Å². The number of para-hydroxylation sites is 1. The van der Waals surface area contributed by atoms with E-state index in [2.05, 4.69) is 18.7 Å². The van der Waals surface area contributed by atoms with Crippen LogP contribution in [0.5, 0.6) is 5.75 Å². The minimum absolute atomic E-state index is 0.199. The van der Waals surface area contributed by atoms with Gasteiger partial charge in [-0.05, 0) is 44.5 Å². The van der Waals surface area contributed by atoms with Crippen LogP contribution in [-0.4, -0.2) is 36.4 Å². The number of rotatable bonds is 6. The van der Waals surface area contributed by atoms with Gasteiger partial charge in [0.2, 0.25) is 0 Å². The highest BCUT2D eigenvalue weighted by molar-refractivity contribution is 5.79. The van der Waals surface area contributed by atoms with Crippen LogP contribution in [0, 0.1) is 0 Å². The summed E-state index contributed by atoms with van der Waals surface area (Å²) in [5.41, 5.74) is 0.649. The quantitative estimate of drug-likeness (QED) is 0.744. The van der Waals surface area contributed by atoms with Crippen LogP contribution in [0.15, 0.2) is 24.3 Å². The Morgan fingerprint density at radius 2 is 1.90 bits per heavy atom. The molecule has 0 amide bonds. The zero-order chi connectivity index (χ0) is 14.4. The van der Waals surface area contributed by atoms with Gasteiger partial charge in [0.25, 0.3) is 0 Å². The van der Waals surface area contributed by atoms with Crippen molar-refractivity contribution in [1.29, 1.82) is 0 Å². The van der Waals surface area contributed by atoms with E-state index < -0.39 is 0 Å². The largest absolute Gasteiger partial charge is 0.488 e. The molecule has 1 aromatic carbocycles. The number of carbonyl (C=O) groups excluding carboxylic acids is 1. The van der Waals surface area contributed by atoms with Crippen molar-refractivity contribution in [2.75, 3.05) is 13.1 Å². The fourth-order valence-corrected chi connectivity index (χ4v) is 3.17. The molecule has 2 rings (SSSR count). The number of aldehydes is 1. The maximum atomic E-state index is 11.1. The van der Waals surface area contributed by atoms with Gasteiger partial charge in [0.15, 0.2) is 6.29 Å². The Morgan fingerprint density at radius 3 is 2.60 bits per heavy atom. The molecule has 0 heterocycles. The van der Waals surface area contributed by atoms with Crippen molar-refractivity contribution in [2.45, 2.75) is 51.7 Å². The molecule has 110 valence electrons. The fraction of sp³-hybridized carbons (Fsp3) is 0.588. The third-order valence-electron chi connectivity index (χ3n) is 4.27. The van der Waals surface area contributed by atoms with E-state index in [0.29, 0.717) is 11.6 Å². The molecule has 1 saturated carbocycles. The van der Waals surface area contributed by atoms with Crippen LogP contribution in [0.25, 0.3) is 0 Å². The summed E-state index contributed by atoms with van der Waals surface area (Å²) >= 11 is 0. The molecule has 3 heteroatoms. The molecule has 0 aromatic heterocycles. The van der Waals surface area contributed by atoms with Crippen LogP contribution in [0.3, 0.4) is 0 Å². The first-order valence-corrected chi connectivity index (χ1v) is 7.75. The first-order valence-electron chi connectivity index (χ1n) is 7.75. The van der Waals surface area contributed by atoms with E-state index in [1.807, 2.05) is 24.3 Å². The lowest BCUT2D eigenvalue weighted by atomic mass is 9.91. The van der Waals surface area contributed by atoms with Crippen molar-refractivity contribution in [2.24, 2.45) is 0 Å².